The van der Waals surface area contributed by atoms with E-state index in [1.807, 2.05) is 6.92 Å². The highest BCUT2D eigenvalue weighted by Gasteiger charge is 2.37. The van der Waals surface area contributed by atoms with E-state index in [1.54, 1.807) is 12.1 Å². The second kappa shape index (κ2) is 6.87. The number of likely N-dealkylation sites (N-methyl/N-ethyl adjacent to an activating group) is 1. The highest BCUT2D eigenvalue weighted by atomic mass is 79.9. The summed E-state index contributed by atoms with van der Waals surface area (Å²) in [5.41, 5.74) is 0. The number of hydrogen-bond donors (Lipinski definition) is 2. The highest BCUT2D eigenvalue weighted by Crippen LogP contribution is 2.21. The Bertz CT molecular complexity index is 604. The van der Waals surface area contributed by atoms with Crippen molar-refractivity contribution in [1.29, 1.82) is 0 Å². The van der Waals surface area contributed by atoms with E-state index in [0.29, 0.717) is 19.6 Å². The van der Waals surface area contributed by atoms with Gasteiger partial charge in [0, 0.05) is 30.7 Å². The van der Waals surface area contributed by atoms with Crippen molar-refractivity contribution in [3.05, 3.63) is 28.7 Å². The number of carbonyl (C=O) groups is 1. The first-order valence-electron chi connectivity index (χ1n) is 6.72. The van der Waals surface area contributed by atoms with Crippen molar-refractivity contribution in [2.24, 2.45) is 0 Å². The number of halogens is 1. The molecule has 1 saturated heterocycles. The van der Waals surface area contributed by atoms with E-state index >= 15 is 0 Å². The van der Waals surface area contributed by atoms with Crippen molar-refractivity contribution in [2.75, 3.05) is 26.2 Å². The van der Waals surface area contributed by atoms with Gasteiger partial charge in [-0.05, 0) is 31.2 Å². The Balaban J connectivity index is 2.31. The number of sulfonamides is 1. The molecule has 0 bridgehead atoms. The molecule has 2 N–H and O–H groups in total. The summed E-state index contributed by atoms with van der Waals surface area (Å²) in [4.78, 5) is 12.3. The lowest BCUT2D eigenvalue weighted by molar-refractivity contribution is -0.125. The summed E-state index contributed by atoms with van der Waals surface area (Å²) in [5.74, 6) is -0.273. The molecule has 1 amide bonds. The lowest BCUT2D eigenvalue weighted by Gasteiger charge is -2.34. The Morgan fingerprint density at radius 2 is 2.10 bits per heavy atom. The van der Waals surface area contributed by atoms with Crippen LogP contribution in [-0.2, 0) is 14.8 Å². The van der Waals surface area contributed by atoms with Gasteiger partial charge in [-0.3, -0.25) is 4.79 Å². The molecule has 1 aliphatic heterocycles. The van der Waals surface area contributed by atoms with Crippen molar-refractivity contribution >= 4 is 31.9 Å². The fourth-order valence-corrected chi connectivity index (χ4v) is 4.08. The summed E-state index contributed by atoms with van der Waals surface area (Å²) in [5, 5.41) is 5.75. The minimum Gasteiger partial charge on any atom is -0.355 e. The van der Waals surface area contributed by atoms with Gasteiger partial charge in [0.2, 0.25) is 15.9 Å². The number of nitrogens with zero attached hydrogens (tertiary/aromatic N) is 1. The van der Waals surface area contributed by atoms with Crippen LogP contribution in [0.3, 0.4) is 0 Å². The lowest BCUT2D eigenvalue weighted by atomic mass is 10.2. The fourth-order valence-electron chi connectivity index (χ4n) is 2.23. The maximum absolute atomic E-state index is 12.7. The molecule has 0 radical (unpaired) electrons. The second-order valence-corrected chi connectivity index (χ2v) is 7.49. The molecule has 1 fully saturated rings. The third-order valence-electron chi connectivity index (χ3n) is 3.27. The van der Waals surface area contributed by atoms with E-state index in [0.717, 1.165) is 4.47 Å². The van der Waals surface area contributed by atoms with Crippen molar-refractivity contribution in [3.8, 4) is 0 Å². The molecule has 0 saturated carbocycles. The van der Waals surface area contributed by atoms with Crippen LogP contribution in [0.1, 0.15) is 6.92 Å². The Kier molecular flexibility index (Phi) is 5.37. The third-order valence-corrected chi connectivity index (χ3v) is 5.72. The first-order chi connectivity index (χ1) is 9.96. The smallest absolute Gasteiger partial charge is 0.243 e. The van der Waals surface area contributed by atoms with Gasteiger partial charge in [-0.25, -0.2) is 8.42 Å². The van der Waals surface area contributed by atoms with E-state index in [2.05, 4.69) is 26.6 Å². The van der Waals surface area contributed by atoms with Crippen LogP contribution >= 0.6 is 15.9 Å². The average molecular weight is 376 g/mol. The van der Waals surface area contributed by atoms with Crippen molar-refractivity contribution in [1.82, 2.24) is 14.9 Å². The molecule has 1 atom stereocenters. The molecule has 1 aromatic rings. The molecule has 2 rings (SSSR count). The standard InChI is InChI=1S/C13H18BrN3O3S/c1-2-16-13(18)12-9-15-7-8-17(12)21(19,20)11-5-3-10(14)4-6-11/h3-6,12,15H,2,7-9H2,1H3,(H,16,18). The Morgan fingerprint density at radius 1 is 1.43 bits per heavy atom. The minimum absolute atomic E-state index is 0.196. The van der Waals surface area contributed by atoms with Crippen molar-refractivity contribution in [2.45, 2.75) is 17.9 Å². The van der Waals surface area contributed by atoms with E-state index in [1.165, 1.54) is 16.4 Å². The second-order valence-electron chi connectivity index (χ2n) is 4.68. The molecular formula is C13H18BrN3O3S. The number of piperazine rings is 1. The Labute approximate surface area is 133 Å². The molecule has 116 valence electrons. The molecular weight excluding hydrogens is 358 g/mol. The van der Waals surface area contributed by atoms with Gasteiger partial charge in [0.15, 0.2) is 0 Å². The summed E-state index contributed by atoms with van der Waals surface area (Å²) in [7, 11) is -3.68. The number of rotatable bonds is 4. The van der Waals surface area contributed by atoms with Gasteiger partial charge in [-0.15, -0.1) is 0 Å². The van der Waals surface area contributed by atoms with Gasteiger partial charge in [0.1, 0.15) is 6.04 Å². The fraction of sp³-hybridized carbons (Fsp3) is 0.462. The van der Waals surface area contributed by atoms with Crippen LogP contribution in [0.4, 0.5) is 0 Å². The summed E-state index contributed by atoms with van der Waals surface area (Å²) in [6.07, 6.45) is 0. The zero-order valence-corrected chi connectivity index (χ0v) is 14.1. The number of benzene rings is 1. The molecule has 21 heavy (non-hydrogen) atoms. The van der Waals surface area contributed by atoms with E-state index in [9.17, 15) is 13.2 Å². The van der Waals surface area contributed by atoms with Crippen LogP contribution in [0.15, 0.2) is 33.6 Å². The van der Waals surface area contributed by atoms with Crippen LogP contribution in [-0.4, -0.2) is 50.9 Å². The Hall–Kier alpha value is -0.960. The number of carbonyl (C=O) groups excluding carboxylic acids is 1. The summed E-state index contributed by atoms with van der Waals surface area (Å²) >= 11 is 3.28. The molecule has 1 unspecified atom stereocenters. The largest absolute Gasteiger partial charge is 0.355 e. The van der Waals surface area contributed by atoms with E-state index in [-0.39, 0.29) is 17.3 Å². The topological polar surface area (TPSA) is 78.5 Å². The molecule has 0 spiro atoms. The Morgan fingerprint density at radius 3 is 2.71 bits per heavy atom. The van der Waals surface area contributed by atoms with Crippen LogP contribution in [0.2, 0.25) is 0 Å². The molecule has 8 heteroatoms. The monoisotopic (exact) mass is 375 g/mol. The van der Waals surface area contributed by atoms with Crippen LogP contribution < -0.4 is 10.6 Å². The van der Waals surface area contributed by atoms with E-state index in [4.69, 9.17) is 0 Å². The third kappa shape index (κ3) is 3.63. The van der Waals surface area contributed by atoms with Crippen LogP contribution in [0.25, 0.3) is 0 Å². The zero-order chi connectivity index (χ0) is 15.5. The molecule has 0 aromatic heterocycles. The highest BCUT2D eigenvalue weighted by molar-refractivity contribution is 9.10. The first-order valence-corrected chi connectivity index (χ1v) is 8.96. The predicted octanol–water partition coefficient (Wildman–Crippen LogP) is 0.548. The van der Waals surface area contributed by atoms with E-state index < -0.39 is 16.1 Å². The molecule has 1 aromatic carbocycles. The summed E-state index contributed by atoms with van der Waals surface area (Å²) in [6, 6.07) is 5.71. The van der Waals surface area contributed by atoms with Gasteiger partial charge in [0.05, 0.1) is 4.90 Å². The van der Waals surface area contributed by atoms with Gasteiger partial charge < -0.3 is 10.6 Å². The van der Waals surface area contributed by atoms with Gasteiger partial charge >= 0.3 is 0 Å². The number of nitrogens with one attached hydrogen (secondary N) is 2. The quantitative estimate of drug-likeness (QED) is 0.805. The van der Waals surface area contributed by atoms with Gasteiger partial charge in [-0.2, -0.15) is 4.31 Å². The number of amides is 1. The zero-order valence-electron chi connectivity index (χ0n) is 11.7. The lowest BCUT2D eigenvalue weighted by Crippen LogP contribution is -2.59. The predicted molar refractivity (Wildman–Crippen MR) is 83.4 cm³/mol. The minimum atomic E-state index is -3.68. The SMILES string of the molecule is CCNC(=O)C1CNCCN1S(=O)(=O)c1ccc(Br)cc1. The molecule has 1 heterocycles. The molecule has 1 aliphatic rings. The first kappa shape index (κ1) is 16.4. The molecule has 6 nitrogen and oxygen atoms in total. The van der Waals surface area contributed by atoms with Gasteiger partial charge in [-0.1, -0.05) is 15.9 Å². The average Bonchev–Trinajstić information content (AvgIpc) is 2.48. The summed E-state index contributed by atoms with van der Waals surface area (Å²) in [6.45, 7) is 3.41. The van der Waals surface area contributed by atoms with Crippen molar-refractivity contribution < 1.29 is 13.2 Å². The van der Waals surface area contributed by atoms with Gasteiger partial charge in [0.25, 0.3) is 0 Å². The normalized spacial score (nSPS) is 20.2. The van der Waals surface area contributed by atoms with Crippen molar-refractivity contribution in [3.63, 3.8) is 0 Å². The maximum atomic E-state index is 12.7. The maximum Gasteiger partial charge on any atom is 0.243 e. The number of hydrogen-bond acceptors (Lipinski definition) is 4. The summed E-state index contributed by atoms with van der Waals surface area (Å²) < 4.78 is 27.5. The van der Waals surface area contributed by atoms with Crippen LogP contribution in [0, 0.1) is 0 Å². The molecule has 0 aliphatic carbocycles. The van der Waals surface area contributed by atoms with Crippen LogP contribution in [0.5, 0.6) is 0 Å².